The Morgan fingerprint density at radius 1 is 1.40 bits per heavy atom. The Morgan fingerprint density at radius 3 is 3.00 bits per heavy atom. The predicted octanol–water partition coefficient (Wildman–Crippen LogP) is 2.25. The lowest BCUT2D eigenvalue weighted by Crippen LogP contribution is -2.39. The molecule has 1 aliphatic heterocycles. The van der Waals surface area contributed by atoms with Crippen LogP contribution in [-0.2, 0) is 6.42 Å². The van der Waals surface area contributed by atoms with Crippen LogP contribution in [0.3, 0.4) is 0 Å². The van der Waals surface area contributed by atoms with Gasteiger partial charge in [-0.2, -0.15) is 0 Å². The van der Waals surface area contributed by atoms with E-state index in [0.717, 1.165) is 19.5 Å². The predicted molar refractivity (Wildman–Crippen MR) is 83.4 cm³/mol. The van der Waals surface area contributed by atoms with Crippen molar-refractivity contribution in [1.82, 2.24) is 5.32 Å². The van der Waals surface area contributed by atoms with Crippen LogP contribution in [0, 0.1) is 6.92 Å². The molecule has 1 heterocycles. The molecule has 0 amide bonds. The summed E-state index contributed by atoms with van der Waals surface area (Å²) in [4.78, 5) is 2.50. The van der Waals surface area contributed by atoms with Gasteiger partial charge in [0.05, 0.1) is 6.61 Å². The first-order valence-electron chi connectivity index (χ1n) is 7.97. The van der Waals surface area contributed by atoms with Crippen molar-refractivity contribution in [3.63, 3.8) is 0 Å². The molecule has 1 fully saturated rings. The van der Waals surface area contributed by atoms with Crippen LogP contribution in [0.5, 0.6) is 0 Å². The molecule has 1 aromatic rings. The van der Waals surface area contributed by atoms with Gasteiger partial charge in [-0.05, 0) is 50.7 Å². The quantitative estimate of drug-likeness (QED) is 0.835. The van der Waals surface area contributed by atoms with Crippen LogP contribution in [0.1, 0.15) is 36.8 Å². The average molecular weight is 274 g/mol. The van der Waals surface area contributed by atoms with Crippen molar-refractivity contribution in [2.75, 3.05) is 24.6 Å². The van der Waals surface area contributed by atoms with Crippen molar-refractivity contribution < 1.29 is 5.11 Å². The highest BCUT2D eigenvalue weighted by atomic mass is 16.3. The molecule has 0 aromatic heterocycles. The number of anilines is 1. The van der Waals surface area contributed by atoms with E-state index in [-0.39, 0.29) is 12.6 Å². The molecule has 1 unspecified atom stereocenters. The number of aryl methyl sites for hydroxylation is 2. The number of hydrogen-bond acceptors (Lipinski definition) is 3. The highest BCUT2D eigenvalue weighted by Gasteiger charge is 2.25. The molecule has 3 nitrogen and oxygen atoms in total. The first-order chi connectivity index (χ1) is 9.76. The molecule has 1 aliphatic carbocycles. The number of rotatable bonds is 6. The summed E-state index contributed by atoms with van der Waals surface area (Å²) in [6.07, 6.45) is 6.04. The third-order valence-electron chi connectivity index (χ3n) is 4.47. The van der Waals surface area contributed by atoms with Crippen LogP contribution >= 0.6 is 0 Å². The summed E-state index contributed by atoms with van der Waals surface area (Å²) in [5.41, 5.74) is 4.26. The maximum Gasteiger partial charge on any atom is 0.0585 e. The van der Waals surface area contributed by atoms with Crippen LogP contribution in [0.15, 0.2) is 18.2 Å². The largest absolute Gasteiger partial charge is 0.395 e. The number of nitrogens with one attached hydrogen (secondary N) is 1. The monoisotopic (exact) mass is 274 g/mol. The first-order valence-corrected chi connectivity index (χ1v) is 7.97. The van der Waals surface area contributed by atoms with Crippen molar-refractivity contribution in [2.24, 2.45) is 0 Å². The molecule has 0 saturated heterocycles. The molecule has 2 aliphatic rings. The van der Waals surface area contributed by atoms with Crippen molar-refractivity contribution in [2.45, 2.75) is 51.1 Å². The number of fused-ring (bicyclic) bond motifs is 1. The number of hydrogen-bond donors (Lipinski definition) is 2. The van der Waals surface area contributed by atoms with Crippen LogP contribution in [-0.4, -0.2) is 36.9 Å². The van der Waals surface area contributed by atoms with Gasteiger partial charge in [0, 0.05) is 30.9 Å². The van der Waals surface area contributed by atoms with Crippen LogP contribution < -0.4 is 10.2 Å². The summed E-state index contributed by atoms with van der Waals surface area (Å²) in [6, 6.07) is 7.74. The van der Waals surface area contributed by atoms with E-state index in [0.29, 0.717) is 6.04 Å². The number of nitrogens with zero attached hydrogens (tertiary/aromatic N) is 1. The van der Waals surface area contributed by atoms with Gasteiger partial charge in [-0.25, -0.2) is 0 Å². The summed E-state index contributed by atoms with van der Waals surface area (Å²) in [5, 5.41) is 13.0. The maximum atomic E-state index is 9.48. The van der Waals surface area contributed by atoms with Crippen molar-refractivity contribution >= 4 is 5.69 Å². The molecule has 20 heavy (non-hydrogen) atoms. The van der Waals surface area contributed by atoms with Gasteiger partial charge >= 0.3 is 0 Å². The van der Waals surface area contributed by atoms with Gasteiger partial charge in [0.1, 0.15) is 0 Å². The minimum Gasteiger partial charge on any atom is -0.395 e. The van der Waals surface area contributed by atoms with Gasteiger partial charge in [0.15, 0.2) is 0 Å². The molecule has 0 radical (unpaired) electrons. The number of aliphatic hydroxyl groups is 1. The van der Waals surface area contributed by atoms with Gasteiger partial charge in [0.2, 0.25) is 0 Å². The molecule has 0 spiro atoms. The highest BCUT2D eigenvalue weighted by Crippen LogP contribution is 2.28. The van der Waals surface area contributed by atoms with E-state index in [1.54, 1.807) is 0 Å². The minimum absolute atomic E-state index is 0.255. The average Bonchev–Trinajstić information content (AvgIpc) is 3.27. The van der Waals surface area contributed by atoms with E-state index in [9.17, 15) is 5.11 Å². The van der Waals surface area contributed by atoms with E-state index in [1.165, 1.54) is 42.5 Å². The fourth-order valence-electron chi connectivity index (χ4n) is 3.16. The van der Waals surface area contributed by atoms with Crippen LogP contribution in [0.2, 0.25) is 0 Å². The maximum absolute atomic E-state index is 9.48. The first kappa shape index (κ1) is 13.9. The standard InChI is InChI=1S/C17H26N2O/c1-13-4-7-17-14(11-13)3-2-9-19(17)10-8-16(12-20)18-15-5-6-15/h4,7,11,15-16,18,20H,2-3,5-6,8-10,12H2,1H3. The summed E-state index contributed by atoms with van der Waals surface area (Å²) in [7, 11) is 0. The van der Waals surface area contributed by atoms with Crippen LogP contribution in [0.4, 0.5) is 5.69 Å². The number of aliphatic hydroxyl groups excluding tert-OH is 1. The van der Waals surface area contributed by atoms with Gasteiger partial charge < -0.3 is 15.3 Å². The molecule has 1 saturated carbocycles. The molecular formula is C17H26N2O. The van der Waals surface area contributed by atoms with Gasteiger partial charge in [0.25, 0.3) is 0 Å². The fourth-order valence-corrected chi connectivity index (χ4v) is 3.16. The Morgan fingerprint density at radius 2 is 2.25 bits per heavy atom. The van der Waals surface area contributed by atoms with Gasteiger partial charge in [-0.15, -0.1) is 0 Å². The molecule has 1 atom stereocenters. The van der Waals surface area contributed by atoms with Crippen molar-refractivity contribution in [3.8, 4) is 0 Å². The van der Waals surface area contributed by atoms with Crippen molar-refractivity contribution in [3.05, 3.63) is 29.3 Å². The third-order valence-corrected chi connectivity index (χ3v) is 4.47. The van der Waals surface area contributed by atoms with Crippen LogP contribution in [0.25, 0.3) is 0 Å². The smallest absolute Gasteiger partial charge is 0.0585 e. The second-order valence-electron chi connectivity index (χ2n) is 6.33. The lowest BCUT2D eigenvalue weighted by atomic mass is 9.99. The van der Waals surface area contributed by atoms with E-state index in [1.807, 2.05) is 0 Å². The summed E-state index contributed by atoms with van der Waals surface area (Å²) in [6.45, 7) is 4.62. The van der Waals surface area contributed by atoms with Crippen molar-refractivity contribution in [1.29, 1.82) is 0 Å². The Hall–Kier alpha value is -1.06. The third kappa shape index (κ3) is 3.33. The van der Waals surface area contributed by atoms with E-state index in [2.05, 4.69) is 35.3 Å². The summed E-state index contributed by atoms with van der Waals surface area (Å²) < 4.78 is 0. The molecule has 1 aromatic carbocycles. The van der Waals surface area contributed by atoms with E-state index >= 15 is 0 Å². The lowest BCUT2D eigenvalue weighted by Gasteiger charge is -2.32. The molecule has 3 rings (SSSR count). The normalized spacial score (nSPS) is 19.8. The lowest BCUT2D eigenvalue weighted by molar-refractivity contribution is 0.235. The summed E-state index contributed by atoms with van der Waals surface area (Å²) >= 11 is 0. The zero-order chi connectivity index (χ0) is 13.9. The Balaban J connectivity index is 1.60. The van der Waals surface area contributed by atoms with E-state index < -0.39 is 0 Å². The second-order valence-corrected chi connectivity index (χ2v) is 6.33. The molecule has 110 valence electrons. The Bertz CT molecular complexity index is 456. The van der Waals surface area contributed by atoms with Gasteiger partial charge in [-0.1, -0.05) is 17.7 Å². The minimum atomic E-state index is 0.255. The molecule has 3 heteroatoms. The number of benzene rings is 1. The second kappa shape index (κ2) is 6.15. The fraction of sp³-hybridized carbons (Fsp3) is 0.647. The molecule has 0 bridgehead atoms. The SMILES string of the molecule is Cc1ccc2c(c1)CCCN2CCC(CO)NC1CC1. The highest BCUT2D eigenvalue weighted by molar-refractivity contribution is 5.56. The Kier molecular flexibility index (Phi) is 4.27. The zero-order valence-electron chi connectivity index (χ0n) is 12.4. The topological polar surface area (TPSA) is 35.5 Å². The zero-order valence-corrected chi connectivity index (χ0v) is 12.4. The summed E-state index contributed by atoms with van der Waals surface area (Å²) in [5.74, 6) is 0. The molecular weight excluding hydrogens is 248 g/mol. The Labute approximate surface area is 122 Å². The molecule has 2 N–H and O–H groups in total. The van der Waals surface area contributed by atoms with E-state index in [4.69, 9.17) is 0 Å². The van der Waals surface area contributed by atoms with Gasteiger partial charge in [-0.3, -0.25) is 0 Å².